The normalized spacial score (nSPS) is 9.86. The fraction of sp³-hybridized carbons (Fsp3) is 0.444. The van der Waals surface area contributed by atoms with Gasteiger partial charge in [0.15, 0.2) is 0 Å². The van der Waals surface area contributed by atoms with Crippen LogP contribution in [0.5, 0.6) is 0 Å². The minimum Gasteiger partial charge on any atom is -0.481 e. The van der Waals surface area contributed by atoms with Crippen molar-refractivity contribution in [1.82, 2.24) is 9.97 Å². The molecule has 0 radical (unpaired) electrons. The molecule has 76 valence electrons. The predicted octanol–water partition coefficient (Wildman–Crippen LogP) is 0.980. The molecule has 5 nitrogen and oxygen atoms in total. The Morgan fingerprint density at radius 2 is 2.29 bits per heavy atom. The summed E-state index contributed by atoms with van der Waals surface area (Å²) in [5.74, 6) is 0.563. The van der Waals surface area contributed by atoms with Gasteiger partial charge in [0.25, 0.3) is 0 Å². The van der Waals surface area contributed by atoms with Gasteiger partial charge in [0.1, 0.15) is 11.6 Å². The van der Waals surface area contributed by atoms with Crippen molar-refractivity contribution in [3.8, 4) is 0 Å². The Kier molecular flexibility index (Phi) is 3.39. The summed E-state index contributed by atoms with van der Waals surface area (Å²) in [4.78, 5) is 18.4. The Morgan fingerprint density at radius 1 is 1.57 bits per heavy atom. The molecular formula is C9H13N3O2. The second kappa shape index (κ2) is 4.55. The standard InChI is InChI=1S/C9H13N3O2/c1-6-5-11-7(2)12-9(6)10-4-3-8(13)14/h5H,3-4H2,1-2H3,(H,13,14)(H,10,11,12). The third kappa shape index (κ3) is 3.01. The van der Waals surface area contributed by atoms with Crippen LogP contribution in [0.15, 0.2) is 6.20 Å². The molecule has 0 bridgehead atoms. The first kappa shape index (κ1) is 10.4. The van der Waals surface area contributed by atoms with Gasteiger partial charge in [0.2, 0.25) is 0 Å². The van der Waals surface area contributed by atoms with Crippen molar-refractivity contribution in [2.75, 3.05) is 11.9 Å². The van der Waals surface area contributed by atoms with E-state index in [-0.39, 0.29) is 6.42 Å². The Bertz CT molecular complexity index is 339. The van der Waals surface area contributed by atoms with E-state index < -0.39 is 5.97 Å². The van der Waals surface area contributed by atoms with Gasteiger partial charge in [-0.05, 0) is 13.8 Å². The Morgan fingerprint density at radius 3 is 2.93 bits per heavy atom. The zero-order valence-corrected chi connectivity index (χ0v) is 8.24. The second-order valence-electron chi connectivity index (χ2n) is 3.02. The fourth-order valence-electron chi connectivity index (χ4n) is 0.997. The maximum absolute atomic E-state index is 10.3. The van der Waals surface area contributed by atoms with Gasteiger partial charge in [-0.3, -0.25) is 4.79 Å². The van der Waals surface area contributed by atoms with Crippen molar-refractivity contribution in [2.45, 2.75) is 20.3 Å². The third-order valence-corrected chi connectivity index (χ3v) is 1.72. The van der Waals surface area contributed by atoms with Gasteiger partial charge in [-0.1, -0.05) is 0 Å². The maximum Gasteiger partial charge on any atom is 0.305 e. The summed E-state index contributed by atoms with van der Waals surface area (Å²) >= 11 is 0. The zero-order chi connectivity index (χ0) is 10.6. The van der Waals surface area contributed by atoms with Gasteiger partial charge >= 0.3 is 5.97 Å². The first-order valence-electron chi connectivity index (χ1n) is 4.35. The Labute approximate surface area is 82.2 Å². The molecule has 0 amide bonds. The van der Waals surface area contributed by atoms with Crippen molar-refractivity contribution < 1.29 is 9.90 Å². The van der Waals surface area contributed by atoms with Crippen molar-refractivity contribution in [2.24, 2.45) is 0 Å². The first-order chi connectivity index (χ1) is 6.59. The van der Waals surface area contributed by atoms with Crippen LogP contribution in [-0.4, -0.2) is 27.6 Å². The van der Waals surface area contributed by atoms with E-state index in [1.807, 2.05) is 6.92 Å². The number of carboxylic acids is 1. The molecule has 2 N–H and O–H groups in total. The molecule has 14 heavy (non-hydrogen) atoms. The molecule has 0 aromatic carbocycles. The molecule has 0 saturated carbocycles. The Balaban J connectivity index is 2.57. The zero-order valence-electron chi connectivity index (χ0n) is 8.24. The average molecular weight is 195 g/mol. The molecule has 1 aromatic rings. The lowest BCUT2D eigenvalue weighted by molar-refractivity contribution is -0.136. The van der Waals surface area contributed by atoms with E-state index in [9.17, 15) is 4.79 Å². The molecule has 1 rings (SSSR count). The summed E-state index contributed by atoms with van der Waals surface area (Å²) in [6, 6.07) is 0. The molecule has 5 heteroatoms. The van der Waals surface area contributed by atoms with E-state index in [4.69, 9.17) is 5.11 Å². The highest BCUT2D eigenvalue weighted by Gasteiger charge is 2.01. The summed E-state index contributed by atoms with van der Waals surface area (Å²) in [5.41, 5.74) is 0.918. The lowest BCUT2D eigenvalue weighted by atomic mass is 10.3. The van der Waals surface area contributed by atoms with Crippen molar-refractivity contribution in [1.29, 1.82) is 0 Å². The van der Waals surface area contributed by atoms with Gasteiger partial charge in [0, 0.05) is 18.3 Å². The number of aromatic nitrogens is 2. The van der Waals surface area contributed by atoms with Gasteiger partial charge in [-0.15, -0.1) is 0 Å². The number of anilines is 1. The van der Waals surface area contributed by atoms with Crippen LogP contribution in [0.3, 0.4) is 0 Å². The number of nitrogens with zero attached hydrogens (tertiary/aromatic N) is 2. The molecular weight excluding hydrogens is 182 g/mol. The van der Waals surface area contributed by atoms with Crippen molar-refractivity contribution >= 4 is 11.8 Å². The van der Waals surface area contributed by atoms with Crippen LogP contribution in [0.2, 0.25) is 0 Å². The molecule has 0 aliphatic heterocycles. The summed E-state index contributed by atoms with van der Waals surface area (Å²) < 4.78 is 0. The van der Waals surface area contributed by atoms with E-state index in [0.717, 1.165) is 5.56 Å². The van der Waals surface area contributed by atoms with Crippen LogP contribution in [0.4, 0.5) is 5.82 Å². The van der Waals surface area contributed by atoms with Gasteiger partial charge in [-0.2, -0.15) is 0 Å². The summed E-state index contributed by atoms with van der Waals surface area (Å²) in [6.45, 7) is 4.05. The lowest BCUT2D eigenvalue weighted by Crippen LogP contribution is -2.10. The largest absolute Gasteiger partial charge is 0.481 e. The molecule has 0 saturated heterocycles. The molecule has 0 atom stereocenters. The summed E-state index contributed by atoms with van der Waals surface area (Å²) in [6.07, 6.45) is 1.80. The number of carbonyl (C=O) groups is 1. The lowest BCUT2D eigenvalue weighted by Gasteiger charge is -2.06. The molecule has 1 heterocycles. The fourth-order valence-corrected chi connectivity index (χ4v) is 0.997. The summed E-state index contributed by atoms with van der Waals surface area (Å²) in [7, 11) is 0. The molecule has 0 fully saturated rings. The van der Waals surface area contributed by atoms with E-state index in [1.165, 1.54) is 0 Å². The van der Waals surface area contributed by atoms with Crippen molar-refractivity contribution in [3.63, 3.8) is 0 Å². The van der Waals surface area contributed by atoms with E-state index >= 15 is 0 Å². The topological polar surface area (TPSA) is 75.1 Å². The van der Waals surface area contributed by atoms with Crippen LogP contribution in [0, 0.1) is 13.8 Å². The van der Waals surface area contributed by atoms with E-state index in [2.05, 4.69) is 15.3 Å². The number of hydrogen-bond acceptors (Lipinski definition) is 4. The SMILES string of the molecule is Cc1ncc(C)c(NCCC(=O)O)n1. The van der Waals surface area contributed by atoms with E-state index in [0.29, 0.717) is 18.2 Å². The first-order valence-corrected chi connectivity index (χ1v) is 4.35. The predicted molar refractivity (Wildman–Crippen MR) is 52.2 cm³/mol. The quantitative estimate of drug-likeness (QED) is 0.749. The van der Waals surface area contributed by atoms with Crippen LogP contribution in [0.25, 0.3) is 0 Å². The average Bonchev–Trinajstić information content (AvgIpc) is 2.10. The maximum atomic E-state index is 10.3. The van der Waals surface area contributed by atoms with Crippen molar-refractivity contribution in [3.05, 3.63) is 17.6 Å². The second-order valence-corrected chi connectivity index (χ2v) is 3.02. The van der Waals surface area contributed by atoms with Gasteiger partial charge in [0.05, 0.1) is 6.42 Å². The van der Waals surface area contributed by atoms with Gasteiger partial charge in [-0.25, -0.2) is 9.97 Å². The van der Waals surface area contributed by atoms with Gasteiger partial charge < -0.3 is 10.4 Å². The number of carboxylic acid groups (broad SMARTS) is 1. The number of rotatable bonds is 4. The van der Waals surface area contributed by atoms with Crippen LogP contribution < -0.4 is 5.32 Å². The number of aryl methyl sites for hydroxylation is 2. The highest BCUT2D eigenvalue weighted by atomic mass is 16.4. The minimum absolute atomic E-state index is 0.0858. The Hall–Kier alpha value is -1.65. The highest BCUT2D eigenvalue weighted by molar-refractivity contribution is 5.67. The summed E-state index contributed by atoms with van der Waals surface area (Å²) in [5, 5.41) is 11.4. The molecule has 0 spiro atoms. The molecule has 0 unspecified atom stereocenters. The molecule has 1 aromatic heterocycles. The minimum atomic E-state index is -0.819. The molecule has 0 aliphatic carbocycles. The van der Waals surface area contributed by atoms with Crippen LogP contribution >= 0.6 is 0 Å². The molecule has 0 aliphatic rings. The van der Waals surface area contributed by atoms with Crippen LogP contribution in [0.1, 0.15) is 17.8 Å². The van der Waals surface area contributed by atoms with Crippen LogP contribution in [-0.2, 0) is 4.79 Å². The number of aliphatic carboxylic acids is 1. The third-order valence-electron chi connectivity index (χ3n) is 1.72. The number of hydrogen-bond donors (Lipinski definition) is 2. The monoisotopic (exact) mass is 195 g/mol. The van der Waals surface area contributed by atoms with E-state index in [1.54, 1.807) is 13.1 Å². The highest BCUT2D eigenvalue weighted by Crippen LogP contribution is 2.09. The smallest absolute Gasteiger partial charge is 0.305 e. The number of nitrogens with one attached hydrogen (secondary N) is 1.